The summed E-state index contributed by atoms with van der Waals surface area (Å²) in [6.45, 7) is 6.88. The van der Waals surface area contributed by atoms with Crippen molar-refractivity contribution in [1.29, 1.82) is 0 Å². The number of aromatic nitrogens is 2. The van der Waals surface area contributed by atoms with Gasteiger partial charge in [0.15, 0.2) is 0 Å². The number of thiophene rings is 1. The van der Waals surface area contributed by atoms with E-state index in [2.05, 4.69) is 34.9 Å². The summed E-state index contributed by atoms with van der Waals surface area (Å²) in [6, 6.07) is 4.12. The lowest BCUT2D eigenvalue weighted by Gasteiger charge is -2.25. The first-order valence-corrected chi connectivity index (χ1v) is 8.61. The Balaban J connectivity index is 1.85. The van der Waals surface area contributed by atoms with Crippen LogP contribution >= 0.6 is 22.9 Å². The molecule has 2 aromatic rings. The first-order chi connectivity index (χ1) is 9.88. The second-order valence-corrected chi connectivity index (χ2v) is 8.17. The van der Waals surface area contributed by atoms with Gasteiger partial charge in [-0.2, -0.15) is 0 Å². The van der Waals surface area contributed by atoms with Crippen LogP contribution in [-0.4, -0.2) is 27.4 Å². The van der Waals surface area contributed by atoms with Gasteiger partial charge in [-0.05, 0) is 41.7 Å². The molecule has 1 amide bonds. The number of amides is 1. The van der Waals surface area contributed by atoms with Gasteiger partial charge < -0.3 is 4.90 Å². The minimum Gasteiger partial charge on any atom is -0.340 e. The Morgan fingerprint density at radius 3 is 2.67 bits per heavy atom. The van der Waals surface area contributed by atoms with Crippen LogP contribution in [-0.2, 0) is 16.8 Å². The Morgan fingerprint density at radius 1 is 1.48 bits per heavy atom. The smallest absolute Gasteiger partial charge is 0.234 e. The number of carbonyl (C=O) groups is 1. The summed E-state index contributed by atoms with van der Waals surface area (Å²) < 4.78 is 3.95. The van der Waals surface area contributed by atoms with E-state index < -0.39 is 0 Å². The lowest BCUT2D eigenvalue weighted by Crippen LogP contribution is -2.38. The second kappa shape index (κ2) is 4.88. The highest BCUT2D eigenvalue weighted by Gasteiger charge is 2.68. The summed E-state index contributed by atoms with van der Waals surface area (Å²) in [6.07, 6.45) is 0.920. The molecule has 0 spiro atoms. The third-order valence-corrected chi connectivity index (χ3v) is 6.36. The van der Waals surface area contributed by atoms with Crippen molar-refractivity contribution in [3.8, 4) is 0 Å². The third-order valence-electron chi connectivity index (χ3n) is 4.52. The molecule has 1 fully saturated rings. The normalized spacial score (nSPS) is 23.0. The number of likely N-dealkylation sites (N-methyl/N-ethyl adjacent to an activating group) is 1. The molecule has 1 aliphatic carbocycles. The van der Waals surface area contributed by atoms with E-state index in [9.17, 15) is 4.79 Å². The lowest BCUT2D eigenvalue weighted by molar-refractivity contribution is -0.134. The largest absolute Gasteiger partial charge is 0.340 e. The summed E-state index contributed by atoms with van der Waals surface area (Å²) in [5.74, 6) is 0.211. The standard InChI is InChI=1S/C15H19N3OS2/c1-10-11(21-17-16-10)8-18(4)13(19)15(9-14(15,2)3)12-6-5-7-20-12/h5-7H,8-9H2,1-4H3/t15-/m1/s1. The average Bonchev–Trinajstić information content (AvgIpc) is 2.87. The molecule has 0 N–H and O–H groups in total. The zero-order valence-electron chi connectivity index (χ0n) is 12.7. The Hall–Kier alpha value is -1.27. The van der Waals surface area contributed by atoms with E-state index in [1.165, 1.54) is 16.4 Å². The van der Waals surface area contributed by atoms with E-state index in [0.29, 0.717) is 6.54 Å². The Labute approximate surface area is 133 Å². The summed E-state index contributed by atoms with van der Waals surface area (Å²) in [5.41, 5.74) is 0.603. The number of hydrogen-bond donors (Lipinski definition) is 0. The maximum Gasteiger partial charge on any atom is 0.234 e. The van der Waals surface area contributed by atoms with Crippen LogP contribution in [0.5, 0.6) is 0 Å². The highest BCUT2D eigenvalue weighted by Crippen LogP contribution is 2.66. The third kappa shape index (κ3) is 2.21. The first-order valence-electron chi connectivity index (χ1n) is 6.96. The number of rotatable bonds is 4. The van der Waals surface area contributed by atoms with Gasteiger partial charge in [-0.15, -0.1) is 16.4 Å². The monoisotopic (exact) mass is 321 g/mol. The van der Waals surface area contributed by atoms with E-state index in [0.717, 1.165) is 17.0 Å². The molecule has 21 heavy (non-hydrogen) atoms. The summed E-state index contributed by atoms with van der Waals surface area (Å²) in [4.78, 5) is 17.1. The number of nitrogens with zero attached hydrogens (tertiary/aromatic N) is 3. The van der Waals surface area contributed by atoms with Crippen LogP contribution in [0.1, 0.15) is 35.7 Å². The van der Waals surface area contributed by atoms with Gasteiger partial charge in [0.25, 0.3) is 0 Å². The fraction of sp³-hybridized carbons (Fsp3) is 0.533. The van der Waals surface area contributed by atoms with Crippen molar-refractivity contribution in [2.75, 3.05) is 7.05 Å². The van der Waals surface area contributed by atoms with Crippen LogP contribution in [0.15, 0.2) is 17.5 Å². The average molecular weight is 321 g/mol. The Kier molecular flexibility index (Phi) is 3.41. The molecule has 0 aromatic carbocycles. The van der Waals surface area contributed by atoms with Gasteiger partial charge in [0, 0.05) is 11.9 Å². The molecule has 0 unspecified atom stereocenters. The molecule has 6 heteroatoms. The van der Waals surface area contributed by atoms with Gasteiger partial charge in [-0.3, -0.25) is 4.79 Å². The van der Waals surface area contributed by atoms with Gasteiger partial charge in [-0.1, -0.05) is 24.4 Å². The maximum absolute atomic E-state index is 13.1. The second-order valence-electron chi connectivity index (χ2n) is 6.39. The minimum absolute atomic E-state index is 0.0319. The SMILES string of the molecule is Cc1nnsc1CN(C)C(=O)[C@]1(c2cccs2)CC1(C)C. The van der Waals surface area contributed by atoms with E-state index >= 15 is 0 Å². The molecule has 1 atom stereocenters. The van der Waals surface area contributed by atoms with Gasteiger partial charge in [0.2, 0.25) is 5.91 Å². The molecule has 0 saturated heterocycles. The minimum atomic E-state index is -0.345. The lowest BCUT2D eigenvalue weighted by atomic mass is 9.92. The Bertz CT molecular complexity index is 662. The maximum atomic E-state index is 13.1. The predicted octanol–water partition coefficient (Wildman–Crippen LogP) is 3.23. The summed E-state index contributed by atoms with van der Waals surface area (Å²) in [5, 5.41) is 6.07. The Morgan fingerprint density at radius 2 is 2.19 bits per heavy atom. The van der Waals surface area contributed by atoms with Crippen molar-refractivity contribution in [3.63, 3.8) is 0 Å². The van der Waals surface area contributed by atoms with Crippen molar-refractivity contribution < 1.29 is 4.79 Å². The van der Waals surface area contributed by atoms with Gasteiger partial charge in [0.1, 0.15) is 0 Å². The topological polar surface area (TPSA) is 46.1 Å². The van der Waals surface area contributed by atoms with Gasteiger partial charge >= 0.3 is 0 Å². The zero-order chi connectivity index (χ0) is 15.3. The van der Waals surface area contributed by atoms with Crippen LogP contribution < -0.4 is 0 Å². The first kappa shape index (κ1) is 14.7. The zero-order valence-corrected chi connectivity index (χ0v) is 14.3. The van der Waals surface area contributed by atoms with E-state index in [1.54, 1.807) is 11.3 Å². The van der Waals surface area contributed by atoms with Crippen molar-refractivity contribution >= 4 is 28.8 Å². The van der Waals surface area contributed by atoms with Gasteiger partial charge in [0.05, 0.1) is 22.5 Å². The van der Waals surface area contributed by atoms with Crippen molar-refractivity contribution in [2.24, 2.45) is 5.41 Å². The summed E-state index contributed by atoms with van der Waals surface area (Å²) in [7, 11) is 1.88. The molecule has 0 aliphatic heterocycles. The van der Waals surface area contributed by atoms with Crippen LogP contribution in [0.3, 0.4) is 0 Å². The molecule has 0 radical (unpaired) electrons. The molecular weight excluding hydrogens is 302 g/mol. The predicted molar refractivity (Wildman–Crippen MR) is 85.5 cm³/mol. The quantitative estimate of drug-likeness (QED) is 0.868. The molecule has 112 valence electrons. The summed E-state index contributed by atoms with van der Waals surface area (Å²) >= 11 is 3.05. The fourth-order valence-corrected chi connectivity index (χ4v) is 4.82. The van der Waals surface area contributed by atoms with E-state index in [1.807, 2.05) is 24.9 Å². The fourth-order valence-electron chi connectivity index (χ4n) is 3.04. The van der Waals surface area contributed by atoms with E-state index in [4.69, 9.17) is 0 Å². The highest BCUT2D eigenvalue weighted by atomic mass is 32.1. The molecule has 2 heterocycles. The molecule has 1 saturated carbocycles. The van der Waals surface area contributed by atoms with Crippen molar-refractivity contribution in [2.45, 2.75) is 39.2 Å². The van der Waals surface area contributed by atoms with E-state index in [-0.39, 0.29) is 16.7 Å². The number of aryl methyl sites for hydroxylation is 1. The van der Waals surface area contributed by atoms with Crippen LogP contribution in [0, 0.1) is 12.3 Å². The molecule has 1 aliphatic rings. The van der Waals surface area contributed by atoms with Crippen LogP contribution in [0.4, 0.5) is 0 Å². The molecule has 3 rings (SSSR count). The molecular formula is C15H19N3OS2. The van der Waals surface area contributed by atoms with Crippen molar-refractivity contribution in [1.82, 2.24) is 14.5 Å². The van der Waals surface area contributed by atoms with Crippen LogP contribution in [0.2, 0.25) is 0 Å². The molecule has 2 aromatic heterocycles. The highest BCUT2D eigenvalue weighted by molar-refractivity contribution is 7.10. The van der Waals surface area contributed by atoms with Crippen molar-refractivity contribution in [3.05, 3.63) is 33.0 Å². The van der Waals surface area contributed by atoms with Gasteiger partial charge in [-0.25, -0.2) is 0 Å². The molecule has 4 nitrogen and oxygen atoms in total. The molecule has 0 bridgehead atoms. The van der Waals surface area contributed by atoms with Crippen LogP contribution in [0.25, 0.3) is 0 Å². The number of hydrogen-bond acceptors (Lipinski definition) is 5. The number of carbonyl (C=O) groups excluding carboxylic acids is 1.